The molecule has 0 bridgehead atoms. The third kappa shape index (κ3) is 2.29. The van der Waals surface area contributed by atoms with Crippen LogP contribution in [0.25, 0.3) is 0 Å². The Labute approximate surface area is 88.8 Å². The van der Waals surface area contributed by atoms with E-state index in [-0.39, 0.29) is 0 Å². The summed E-state index contributed by atoms with van der Waals surface area (Å²) in [5.74, 6) is 0. The third-order valence-corrected chi connectivity index (χ3v) is 2.44. The zero-order valence-corrected chi connectivity index (χ0v) is 8.73. The Morgan fingerprint density at radius 1 is 1.15 bits per heavy atom. The molecule has 1 aliphatic rings. The summed E-state index contributed by atoms with van der Waals surface area (Å²) in [5.41, 5.74) is 0. The Morgan fingerprint density at radius 3 is 2.23 bits per heavy atom. The topological polar surface area (TPSA) is 99.4 Å². The molecule has 6 nitrogen and oxygen atoms in total. The van der Waals surface area contributed by atoms with Crippen LogP contribution in [-0.2, 0) is 7.80 Å². The summed E-state index contributed by atoms with van der Waals surface area (Å²) < 4.78 is 9.61. The molecule has 1 fully saturated rings. The first-order valence-electron chi connectivity index (χ1n) is 3.69. The van der Waals surface area contributed by atoms with Crippen LogP contribution in [0.15, 0.2) is 0 Å². The number of ether oxygens (including phenoxy) is 1. The van der Waals surface area contributed by atoms with Gasteiger partial charge in [-0.05, 0) is 0 Å². The van der Waals surface area contributed by atoms with E-state index in [1.807, 2.05) is 0 Å². The summed E-state index contributed by atoms with van der Waals surface area (Å²) in [6, 6.07) is 0. The fraction of sp³-hybridized carbons (Fsp3) is 1.00. The Bertz CT molecular complexity index is 147. The van der Waals surface area contributed by atoms with Gasteiger partial charge < -0.3 is 25.2 Å². The van der Waals surface area contributed by atoms with Crippen molar-refractivity contribution in [2.24, 2.45) is 0 Å². The molecule has 1 heterocycles. The van der Waals surface area contributed by atoms with Crippen LogP contribution in [0.1, 0.15) is 0 Å². The lowest BCUT2D eigenvalue weighted by Crippen LogP contribution is -2.58. The predicted molar refractivity (Wildman–Crippen MR) is 48.9 cm³/mol. The van der Waals surface area contributed by atoms with Crippen molar-refractivity contribution in [3.63, 3.8) is 0 Å². The van der Waals surface area contributed by atoms with Crippen LogP contribution in [0.3, 0.4) is 0 Å². The Morgan fingerprint density at radius 2 is 1.77 bits per heavy atom. The average Bonchev–Trinajstić information content (AvgIpc) is 2.15. The van der Waals surface area contributed by atoms with Crippen molar-refractivity contribution in [3.8, 4) is 0 Å². The average molecular weight is 306 g/mol. The van der Waals surface area contributed by atoms with Crippen LogP contribution in [0.5, 0.6) is 0 Å². The van der Waals surface area contributed by atoms with E-state index in [0.29, 0.717) is 0 Å². The lowest BCUT2D eigenvalue weighted by Gasteiger charge is -2.38. The minimum atomic E-state index is -1.37. The molecule has 1 rings (SSSR count). The molecule has 0 radical (unpaired) electrons. The molecular weight excluding hydrogens is 295 g/mol. The maximum atomic E-state index is 9.27. The van der Waals surface area contributed by atoms with Crippen molar-refractivity contribution in [1.82, 2.24) is 0 Å². The number of aliphatic hydroxyl groups is 4. The SMILES string of the molecule is OC[C@H]1O[C@@H](OI)[C@@H](O)[C@@H](O)[C@@H]1O. The van der Waals surface area contributed by atoms with Gasteiger partial charge in [-0.2, -0.15) is 0 Å². The van der Waals surface area contributed by atoms with Crippen molar-refractivity contribution in [3.05, 3.63) is 0 Å². The fourth-order valence-corrected chi connectivity index (χ4v) is 1.56. The lowest BCUT2D eigenvalue weighted by atomic mass is 10.00. The maximum Gasteiger partial charge on any atom is 0.197 e. The van der Waals surface area contributed by atoms with Gasteiger partial charge >= 0.3 is 0 Å². The van der Waals surface area contributed by atoms with Gasteiger partial charge in [-0.15, -0.1) is 0 Å². The van der Waals surface area contributed by atoms with E-state index in [9.17, 15) is 15.3 Å². The monoisotopic (exact) mass is 306 g/mol. The van der Waals surface area contributed by atoms with Crippen LogP contribution < -0.4 is 0 Å². The predicted octanol–water partition coefficient (Wildman–Crippen LogP) is -1.85. The normalized spacial score (nSPS) is 46.4. The first kappa shape index (κ1) is 11.6. The van der Waals surface area contributed by atoms with Crippen LogP contribution >= 0.6 is 23.0 Å². The molecular formula is C6H11IO6. The first-order valence-corrected chi connectivity index (χ1v) is 4.57. The number of aliphatic hydroxyl groups excluding tert-OH is 4. The van der Waals surface area contributed by atoms with Crippen molar-refractivity contribution in [2.45, 2.75) is 30.7 Å². The molecule has 5 atom stereocenters. The smallest absolute Gasteiger partial charge is 0.197 e. The van der Waals surface area contributed by atoms with Gasteiger partial charge in [-0.3, -0.25) is 3.07 Å². The van der Waals surface area contributed by atoms with Crippen molar-refractivity contribution in [2.75, 3.05) is 6.61 Å². The number of hydrogen-bond donors (Lipinski definition) is 4. The van der Waals surface area contributed by atoms with Crippen LogP contribution in [0.4, 0.5) is 0 Å². The summed E-state index contributed by atoms with van der Waals surface area (Å²) in [6.45, 7) is -0.443. The van der Waals surface area contributed by atoms with E-state index < -0.39 is 37.3 Å². The molecule has 0 saturated carbocycles. The van der Waals surface area contributed by atoms with Gasteiger partial charge in [0.1, 0.15) is 47.4 Å². The van der Waals surface area contributed by atoms with Gasteiger partial charge in [-0.1, -0.05) is 0 Å². The van der Waals surface area contributed by atoms with E-state index in [0.717, 1.165) is 0 Å². The van der Waals surface area contributed by atoms with Crippen molar-refractivity contribution < 1.29 is 28.2 Å². The molecule has 0 aromatic heterocycles. The highest BCUT2D eigenvalue weighted by atomic mass is 127. The number of hydrogen-bond acceptors (Lipinski definition) is 6. The summed E-state index contributed by atoms with van der Waals surface area (Å²) in [6.07, 6.45) is -5.95. The summed E-state index contributed by atoms with van der Waals surface area (Å²) in [4.78, 5) is 0. The zero-order valence-electron chi connectivity index (χ0n) is 6.58. The Kier molecular flexibility index (Phi) is 4.29. The van der Waals surface area contributed by atoms with Gasteiger partial charge in [0.15, 0.2) is 6.29 Å². The first-order chi connectivity index (χ1) is 6.11. The molecule has 1 aliphatic heterocycles. The molecule has 78 valence electrons. The largest absolute Gasteiger partial charge is 0.394 e. The number of rotatable bonds is 2. The Hall–Kier alpha value is 0.490. The van der Waals surface area contributed by atoms with Crippen molar-refractivity contribution >= 4 is 23.0 Å². The van der Waals surface area contributed by atoms with Crippen LogP contribution in [-0.4, -0.2) is 57.7 Å². The van der Waals surface area contributed by atoms with Crippen LogP contribution in [0, 0.1) is 0 Å². The molecule has 13 heavy (non-hydrogen) atoms. The molecule has 7 heteroatoms. The molecule has 0 aliphatic carbocycles. The highest BCUT2D eigenvalue weighted by Crippen LogP contribution is 2.22. The third-order valence-electron chi connectivity index (χ3n) is 1.94. The summed E-state index contributed by atoms with van der Waals surface area (Å²) >= 11 is 1.51. The van der Waals surface area contributed by atoms with E-state index in [4.69, 9.17) is 9.84 Å². The molecule has 0 spiro atoms. The highest BCUT2D eigenvalue weighted by Gasteiger charge is 2.43. The summed E-state index contributed by atoms with van der Waals surface area (Å²) in [5, 5.41) is 36.6. The van der Waals surface area contributed by atoms with Crippen LogP contribution in [0.2, 0.25) is 0 Å². The summed E-state index contributed by atoms with van der Waals surface area (Å²) in [7, 11) is 0. The zero-order chi connectivity index (χ0) is 10.0. The highest BCUT2D eigenvalue weighted by molar-refractivity contribution is 14.1. The Balaban J connectivity index is 2.66. The van der Waals surface area contributed by atoms with E-state index >= 15 is 0 Å². The van der Waals surface area contributed by atoms with Gasteiger partial charge in [-0.25, -0.2) is 0 Å². The molecule has 0 unspecified atom stereocenters. The van der Waals surface area contributed by atoms with E-state index in [1.165, 1.54) is 23.0 Å². The van der Waals surface area contributed by atoms with Gasteiger partial charge in [0.25, 0.3) is 0 Å². The van der Waals surface area contributed by atoms with Gasteiger partial charge in [0.2, 0.25) is 0 Å². The second kappa shape index (κ2) is 4.82. The minimum absolute atomic E-state index is 0.443. The molecule has 0 aromatic rings. The quantitative estimate of drug-likeness (QED) is 0.447. The minimum Gasteiger partial charge on any atom is -0.394 e. The van der Waals surface area contributed by atoms with E-state index in [1.54, 1.807) is 0 Å². The molecule has 0 aromatic carbocycles. The standard InChI is InChI=1S/C6H11IO6/c7-13-6-5(11)4(10)3(9)2(1-8)12-6/h2-6,8-11H,1H2/t2-,3-,4+,5+,6+/m1/s1. The molecule has 0 amide bonds. The fourth-order valence-electron chi connectivity index (χ4n) is 1.14. The molecule has 1 saturated heterocycles. The second-order valence-corrected chi connectivity index (χ2v) is 3.29. The van der Waals surface area contributed by atoms with Gasteiger partial charge in [0.05, 0.1) is 6.61 Å². The number of halogens is 1. The van der Waals surface area contributed by atoms with E-state index in [2.05, 4.69) is 3.07 Å². The molecule has 4 N–H and O–H groups in total. The maximum absolute atomic E-state index is 9.27. The second-order valence-electron chi connectivity index (χ2n) is 2.79. The van der Waals surface area contributed by atoms with Crippen molar-refractivity contribution in [1.29, 1.82) is 0 Å². The van der Waals surface area contributed by atoms with Gasteiger partial charge in [0, 0.05) is 0 Å². The lowest BCUT2D eigenvalue weighted by molar-refractivity contribution is -0.269.